The molecule has 1 aliphatic rings. The number of nitrogens with zero attached hydrogens (tertiary/aromatic N) is 1. The lowest BCUT2D eigenvalue weighted by Gasteiger charge is -2.28. The number of alkyl halides is 1. The molecular weight excluding hydrogens is 374 g/mol. The Labute approximate surface area is 150 Å². The Kier molecular flexibility index (Phi) is 7.00. The Balaban J connectivity index is 1.93. The Morgan fingerprint density at radius 1 is 1.27 bits per heavy atom. The van der Waals surface area contributed by atoms with Crippen LogP contribution in [0.25, 0.3) is 0 Å². The maximum absolute atomic E-state index is 14.5. The monoisotopic (exact) mass is 397 g/mol. The van der Waals surface area contributed by atoms with Crippen LogP contribution < -0.4 is 10.5 Å². The fourth-order valence-electron chi connectivity index (χ4n) is 3.08. The minimum atomic E-state index is -3.34. The van der Waals surface area contributed by atoms with Crippen molar-refractivity contribution in [1.29, 1.82) is 0 Å². The molecule has 3 atom stereocenters. The summed E-state index contributed by atoms with van der Waals surface area (Å²) in [6, 6.07) is -0.141. The Bertz CT molecular complexity index is 732. The highest BCUT2D eigenvalue weighted by Crippen LogP contribution is 2.20. The molecule has 26 heavy (non-hydrogen) atoms. The van der Waals surface area contributed by atoms with Crippen molar-refractivity contribution in [3.05, 3.63) is 35.1 Å². The molecule has 5 nitrogen and oxygen atoms in total. The number of likely N-dealkylation sites (tertiary alicyclic amines) is 1. The zero-order valence-corrected chi connectivity index (χ0v) is 15.2. The maximum Gasteiger partial charge on any atom is 0.208 e. The molecule has 1 fully saturated rings. The molecule has 10 heteroatoms. The normalized spacial score (nSPS) is 21.1. The first-order valence-electron chi connectivity index (χ1n) is 8.28. The molecule has 0 amide bonds. The summed E-state index contributed by atoms with van der Waals surface area (Å²) in [6.45, 7) is 0.740. The van der Waals surface area contributed by atoms with E-state index >= 15 is 0 Å². The number of nitrogens with one attached hydrogen (secondary N) is 1. The summed E-state index contributed by atoms with van der Waals surface area (Å²) in [5.41, 5.74) is 5.59. The summed E-state index contributed by atoms with van der Waals surface area (Å²) in [6.07, 6.45) is 0.778. The van der Waals surface area contributed by atoms with E-state index < -0.39 is 39.7 Å². The van der Waals surface area contributed by atoms with Crippen molar-refractivity contribution >= 4 is 10.0 Å². The molecule has 1 aliphatic heterocycles. The van der Waals surface area contributed by atoms with Crippen LogP contribution in [0.4, 0.5) is 17.6 Å². The van der Waals surface area contributed by atoms with Crippen molar-refractivity contribution in [2.75, 3.05) is 25.9 Å². The van der Waals surface area contributed by atoms with E-state index in [1.807, 2.05) is 0 Å². The molecule has 1 saturated heterocycles. The molecule has 0 saturated carbocycles. The highest BCUT2D eigenvalue weighted by Gasteiger charge is 2.30. The molecule has 1 aromatic carbocycles. The van der Waals surface area contributed by atoms with Gasteiger partial charge in [0.2, 0.25) is 10.0 Å². The van der Waals surface area contributed by atoms with Crippen LogP contribution in [0.15, 0.2) is 12.1 Å². The number of rotatable bonds is 8. The highest BCUT2D eigenvalue weighted by atomic mass is 32.2. The second kappa shape index (κ2) is 8.64. The van der Waals surface area contributed by atoms with Crippen molar-refractivity contribution < 1.29 is 26.0 Å². The van der Waals surface area contributed by atoms with Gasteiger partial charge in [0.05, 0.1) is 6.26 Å². The standard InChI is InChI=1S/C16H23F4N3O2S/c1-26(24,25)22-8-11-3-2-4-23(11)9-15(20)16(21)6-10-5-13(18)14(19)7-12(10)17/h5,7,11,15-16,22H,2-4,6,8-9,21H2,1H3. The minimum Gasteiger partial charge on any atom is -0.325 e. The van der Waals surface area contributed by atoms with Crippen molar-refractivity contribution in [1.82, 2.24) is 9.62 Å². The van der Waals surface area contributed by atoms with Gasteiger partial charge in [-0.2, -0.15) is 0 Å². The van der Waals surface area contributed by atoms with Crippen LogP contribution in [0.2, 0.25) is 0 Å². The smallest absolute Gasteiger partial charge is 0.208 e. The second-order valence-electron chi connectivity index (χ2n) is 6.65. The maximum atomic E-state index is 14.5. The lowest BCUT2D eigenvalue weighted by Crippen LogP contribution is -2.46. The van der Waals surface area contributed by atoms with Crippen LogP contribution in [0.5, 0.6) is 0 Å². The molecule has 0 spiro atoms. The summed E-state index contributed by atoms with van der Waals surface area (Å²) in [5.74, 6) is -3.49. The third-order valence-electron chi connectivity index (χ3n) is 4.50. The zero-order valence-electron chi connectivity index (χ0n) is 14.4. The average Bonchev–Trinajstić information content (AvgIpc) is 2.97. The van der Waals surface area contributed by atoms with E-state index in [4.69, 9.17) is 5.73 Å². The first-order chi connectivity index (χ1) is 12.1. The van der Waals surface area contributed by atoms with Gasteiger partial charge in [-0.3, -0.25) is 4.90 Å². The van der Waals surface area contributed by atoms with Gasteiger partial charge in [0.15, 0.2) is 11.6 Å². The van der Waals surface area contributed by atoms with Gasteiger partial charge < -0.3 is 5.73 Å². The third kappa shape index (κ3) is 5.90. The molecule has 148 valence electrons. The molecule has 0 aliphatic carbocycles. The fraction of sp³-hybridized carbons (Fsp3) is 0.625. The van der Waals surface area contributed by atoms with Crippen molar-refractivity contribution in [2.45, 2.75) is 37.5 Å². The summed E-state index contributed by atoms with van der Waals surface area (Å²) in [5, 5.41) is 0. The molecule has 2 rings (SSSR count). The van der Waals surface area contributed by atoms with Gasteiger partial charge in [-0.25, -0.2) is 30.7 Å². The zero-order chi connectivity index (χ0) is 19.5. The number of nitrogens with two attached hydrogens (primary N) is 1. The number of benzene rings is 1. The van der Waals surface area contributed by atoms with Crippen molar-refractivity contribution in [3.63, 3.8) is 0 Å². The first-order valence-corrected chi connectivity index (χ1v) is 10.2. The van der Waals surface area contributed by atoms with Gasteiger partial charge >= 0.3 is 0 Å². The Hall–Kier alpha value is -1.23. The van der Waals surface area contributed by atoms with Crippen LogP contribution in [0.3, 0.4) is 0 Å². The number of hydrogen-bond acceptors (Lipinski definition) is 4. The van der Waals surface area contributed by atoms with E-state index in [9.17, 15) is 26.0 Å². The highest BCUT2D eigenvalue weighted by molar-refractivity contribution is 7.88. The predicted molar refractivity (Wildman–Crippen MR) is 90.3 cm³/mol. The lowest BCUT2D eigenvalue weighted by molar-refractivity contribution is 0.160. The van der Waals surface area contributed by atoms with Crippen LogP contribution in [0.1, 0.15) is 18.4 Å². The lowest BCUT2D eigenvalue weighted by atomic mass is 10.0. The van der Waals surface area contributed by atoms with Gasteiger partial charge in [-0.1, -0.05) is 0 Å². The van der Waals surface area contributed by atoms with Gasteiger partial charge in [0.1, 0.15) is 12.0 Å². The number of sulfonamides is 1. The number of halogens is 4. The molecule has 3 N–H and O–H groups in total. The molecular formula is C16H23F4N3O2S. The predicted octanol–water partition coefficient (Wildman–Crippen LogP) is 1.33. The fourth-order valence-corrected chi connectivity index (χ4v) is 3.57. The molecule has 0 aromatic heterocycles. The van der Waals surface area contributed by atoms with Gasteiger partial charge in [0.25, 0.3) is 0 Å². The van der Waals surface area contributed by atoms with Crippen LogP contribution >= 0.6 is 0 Å². The van der Waals surface area contributed by atoms with Crippen LogP contribution in [-0.4, -0.2) is 57.5 Å². The van der Waals surface area contributed by atoms with E-state index in [2.05, 4.69) is 4.72 Å². The van der Waals surface area contributed by atoms with E-state index in [0.29, 0.717) is 18.7 Å². The average molecular weight is 397 g/mol. The quantitative estimate of drug-likeness (QED) is 0.513. The Morgan fingerprint density at radius 3 is 2.58 bits per heavy atom. The minimum absolute atomic E-state index is 0.0391. The number of hydrogen-bond donors (Lipinski definition) is 2. The molecule has 1 heterocycles. The van der Waals surface area contributed by atoms with E-state index in [1.165, 1.54) is 0 Å². The van der Waals surface area contributed by atoms with Gasteiger partial charge in [0, 0.05) is 31.2 Å². The van der Waals surface area contributed by atoms with Crippen molar-refractivity contribution in [3.8, 4) is 0 Å². The summed E-state index contributed by atoms with van der Waals surface area (Å²) < 4.78 is 79.1. The molecule has 3 unspecified atom stereocenters. The van der Waals surface area contributed by atoms with E-state index in [-0.39, 0.29) is 31.1 Å². The molecule has 0 bridgehead atoms. The van der Waals surface area contributed by atoms with Crippen LogP contribution in [0, 0.1) is 17.5 Å². The van der Waals surface area contributed by atoms with Crippen molar-refractivity contribution in [2.24, 2.45) is 5.73 Å². The summed E-state index contributed by atoms with van der Waals surface area (Å²) in [4.78, 5) is 1.80. The topological polar surface area (TPSA) is 75.4 Å². The molecule has 1 aromatic rings. The summed E-state index contributed by atoms with van der Waals surface area (Å²) in [7, 11) is -3.34. The summed E-state index contributed by atoms with van der Waals surface area (Å²) >= 11 is 0. The largest absolute Gasteiger partial charge is 0.325 e. The van der Waals surface area contributed by atoms with Gasteiger partial charge in [-0.05, 0) is 37.4 Å². The van der Waals surface area contributed by atoms with E-state index in [1.54, 1.807) is 4.90 Å². The van der Waals surface area contributed by atoms with Gasteiger partial charge in [-0.15, -0.1) is 0 Å². The second-order valence-corrected chi connectivity index (χ2v) is 8.49. The molecule has 0 radical (unpaired) electrons. The first kappa shape index (κ1) is 21.1. The van der Waals surface area contributed by atoms with E-state index in [0.717, 1.165) is 19.1 Å². The SMILES string of the molecule is CS(=O)(=O)NCC1CCCN1CC(F)C(N)Cc1cc(F)c(F)cc1F. The van der Waals surface area contributed by atoms with Crippen LogP contribution in [-0.2, 0) is 16.4 Å². The Morgan fingerprint density at radius 2 is 1.92 bits per heavy atom. The third-order valence-corrected chi connectivity index (χ3v) is 5.19.